The molecule has 140 valence electrons. The first-order chi connectivity index (χ1) is 12.7. The zero-order valence-electron chi connectivity index (χ0n) is 17.3. The van der Waals surface area contributed by atoms with Gasteiger partial charge in [0.2, 0.25) is 0 Å². The number of rotatable bonds is 4. The minimum absolute atomic E-state index is 0.225. The molecule has 3 rings (SSSR count). The zero-order chi connectivity index (χ0) is 19.7. The fraction of sp³-hybridized carbons (Fsp3) is 0.280. The molecule has 0 heterocycles. The van der Waals surface area contributed by atoms with Crippen molar-refractivity contribution >= 4 is 29.5 Å². The van der Waals surface area contributed by atoms with Gasteiger partial charge < -0.3 is 0 Å². The topological polar surface area (TPSA) is 9.23 Å². The van der Waals surface area contributed by atoms with Crippen LogP contribution in [0.1, 0.15) is 37.5 Å². The second-order valence-electron chi connectivity index (χ2n) is 8.49. The molecule has 0 spiro atoms. The first-order valence-electron chi connectivity index (χ1n) is 9.62. The molecule has 0 saturated heterocycles. The number of benzene rings is 3. The fourth-order valence-corrected chi connectivity index (χ4v) is 15.4. The molecule has 0 aliphatic heterocycles. The molecular weight excluding hydrogens is 435 g/mol. The molecule has 0 amide bonds. The van der Waals surface area contributed by atoms with Crippen LogP contribution in [0.4, 0.5) is 0 Å². The van der Waals surface area contributed by atoms with Crippen molar-refractivity contribution in [2.24, 2.45) is 0 Å². The summed E-state index contributed by atoms with van der Waals surface area (Å²) in [5.41, 5.74) is 3.61. The number of hydrogen-bond acceptors (Lipinski definition) is 1. The van der Waals surface area contributed by atoms with E-state index in [9.17, 15) is 0 Å². The van der Waals surface area contributed by atoms with Crippen LogP contribution in [0.2, 0.25) is 0 Å². The maximum absolute atomic E-state index is 7.11. The molecule has 0 bridgehead atoms. The van der Waals surface area contributed by atoms with E-state index in [4.69, 9.17) is 3.07 Å². The van der Waals surface area contributed by atoms with E-state index in [0.29, 0.717) is 0 Å². The van der Waals surface area contributed by atoms with E-state index in [1.54, 1.807) is 0 Å². The van der Waals surface area contributed by atoms with Gasteiger partial charge in [0.05, 0.1) is 0 Å². The normalized spacial score (nSPS) is 12.2. The van der Waals surface area contributed by atoms with E-state index >= 15 is 0 Å². The molecule has 0 aromatic heterocycles. The van der Waals surface area contributed by atoms with E-state index < -0.39 is 18.8 Å². The molecule has 0 fully saturated rings. The van der Waals surface area contributed by atoms with Gasteiger partial charge in [-0.05, 0) is 0 Å². The molecule has 0 unspecified atom stereocenters. The summed E-state index contributed by atoms with van der Waals surface area (Å²) in [4.78, 5) is 0. The Bertz CT molecular complexity index is 774. The fourth-order valence-electron chi connectivity index (χ4n) is 3.50. The molecule has 0 aliphatic rings. The van der Waals surface area contributed by atoms with Gasteiger partial charge >= 0.3 is 169 Å². The monoisotopic (exact) mass is 466 g/mol. The van der Waals surface area contributed by atoms with Crippen molar-refractivity contribution in [1.82, 2.24) is 0 Å². The van der Waals surface area contributed by atoms with Crippen molar-refractivity contribution in [3.63, 3.8) is 0 Å². The van der Waals surface area contributed by atoms with E-state index in [2.05, 4.69) is 114 Å². The summed E-state index contributed by atoms with van der Waals surface area (Å²) in [7, 11) is 0. The number of aryl methyl sites for hydroxylation is 3. The molecule has 3 aromatic carbocycles. The molecule has 0 atom stereocenters. The quantitative estimate of drug-likeness (QED) is 0.520. The predicted molar refractivity (Wildman–Crippen MR) is 119 cm³/mol. The molecule has 0 N–H and O–H groups in total. The van der Waals surface area contributed by atoms with Crippen molar-refractivity contribution in [3.05, 3.63) is 89.5 Å². The first-order valence-corrected chi connectivity index (χ1v) is 15.1. The molecule has 27 heavy (non-hydrogen) atoms. The third-order valence-corrected chi connectivity index (χ3v) is 17.3. The standard InChI is InChI=1S/3C7H7.C4H9O.Sn/c3*1-7-5-3-2-4-6-7;1-4(2,3)5;/h3*3-6H,1H3;1-3H3;/q;;;-1;+1. The van der Waals surface area contributed by atoms with Gasteiger partial charge in [-0.3, -0.25) is 0 Å². The van der Waals surface area contributed by atoms with Crippen LogP contribution in [0.25, 0.3) is 0 Å². The summed E-state index contributed by atoms with van der Waals surface area (Å²) in [5.74, 6) is 0. The van der Waals surface area contributed by atoms with Crippen LogP contribution in [0.15, 0.2) is 72.8 Å². The minimum atomic E-state index is -3.64. The average molecular weight is 465 g/mol. The van der Waals surface area contributed by atoms with Crippen molar-refractivity contribution in [2.75, 3.05) is 0 Å². The third kappa shape index (κ3) is 4.47. The summed E-state index contributed by atoms with van der Waals surface area (Å²) >= 11 is -3.64. The van der Waals surface area contributed by atoms with E-state index in [1.165, 1.54) is 27.4 Å². The van der Waals surface area contributed by atoms with Crippen molar-refractivity contribution in [2.45, 2.75) is 47.1 Å². The Morgan fingerprint density at radius 3 is 1.00 bits per heavy atom. The van der Waals surface area contributed by atoms with E-state index in [1.807, 2.05) is 0 Å². The Morgan fingerprint density at radius 1 is 0.519 bits per heavy atom. The van der Waals surface area contributed by atoms with Crippen LogP contribution in [0.3, 0.4) is 0 Å². The van der Waals surface area contributed by atoms with Crippen LogP contribution in [-0.2, 0) is 3.07 Å². The summed E-state index contributed by atoms with van der Waals surface area (Å²) in [5, 5.41) is 0. The van der Waals surface area contributed by atoms with Crippen LogP contribution in [0, 0.1) is 20.8 Å². The second kappa shape index (κ2) is 7.81. The molecule has 1 nitrogen and oxygen atoms in total. The third-order valence-electron chi connectivity index (χ3n) is 4.83. The Kier molecular flexibility index (Phi) is 5.83. The van der Waals surface area contributed by atoms with Crippen LogP contribution < -0.4 is 10.7 Å². The number of hydrogen-bond donors (Lipinski definition) is 0. The molecular formula is C25H30OSn. The average Bonchev–Trinajstić information content (AvgIpc) is 2.61. The Balaban J connectivity index is 2.34. The van der Waals surface area contributed by atoms with Gasteiger partial charge in [0.15, 0.2) is 0 Å². The van der Waals surface area contributed by atoms with Crippen LogP contribution >= 0.6 is 0 Å². The molecule has 3 aromatic rings. The van der Waals surface area contributed by atoms with Crippen molar-refractivity contribution in [1.29, 1.82) is 0 Å². The second-order valence-corrected chi connectivity index (χ2v) is 17.9. The van der Waals surface area contributed by atoms with Crippen LogP contribution in [-0.4, -0.2) is 24.4 Å². The van der Waals surface area contributed by atoms with Gasteiger partial charge in [0.1, 0.15) is 0 Å². The maximum atomic E-state index is 7.11. The summed E-state index contributed by atoms with van der Waals surface area (Å²) in [6.07, 6.45) is 0. The molecule has 0 radical (unpaired) electrons. The van der Waals surface area contributed by atoms with E-state index in [-0.39, 0.29) is 5.60 Å². The molecule has 2 heteroatoms. The van der Waals surface area contributed by atoms with Gasteiger partial charge in [-0.2, -0.15) is 0 Å². The Labute approximate surface area is 168 Å². The van der Waals surface area contributed by atoms with Crippen molar-refractivity contribution in [3.8, 4) is 0 Å². The van der Waals surface area contributed by atoms with Gasteiger partial charge in [0.25, 0.3) is 0 Å². The first kappa shape index (κ1) is 20.2. The summed E-state index contributed by atoms with van der Waals surface area (Å²) < 4.78 is 11.2. The van der Waals surface area contributed by atoms with Crippen LogP contribution in [0.5, 0.6) is 0 Å². The van der Waals surface area contributed by atoms with Gasteiger partial charge in [-0.1, -0.05) is 0 Å². The summed E-state index contributed by atoms with van der Waals surface area (Å²) in [6, 6.07) is 27.0. The SMILES string of the molecule is Cc1cc[c]([Sn]([O]C(C)(C)C)([c]2ccc(C)cc2)[c]2ccc(C)cc2)cc1. The van der Waals surface area contributed by atoms with Gasteiger partial charge in [-0.15, -0.1) is 0 Å². The summed E-state index contributed by atoms with van der Waals surface area (Å²) in [6.45, 7) is 13.0. The Hall–Kier alpha value is -1.58. The molecule has 0 aliphatic carbocycles. The Morgan fingerprint density at radius 2 is 0.778 bits per heavy atom. The predicted octanol–water partition coefficient (Wildman–Crippen LogP) is 4.39. The zero-order valence-corrected chi connectivity index (χ0v) is 20.2. The van der Waals surface area contributed by atoms with E-state index in [0.717, 1.165) is 0 Å². The van der Waals surface area contributed by atoms with Gasteiger partial charge in [0, 0.05) is 0 Å². The van der Waals surface area contributed by atoms with Gasteiger partial charge in [-0.25, -0.2) is 0 Å². The van der Waals surface area contributed by atoms with Crippen molar-refractivity contribution < 1.29 is 3.07 Å². The molecule has 0 saturated carbocycles.